The van der Waals surface area contributed by atoms with Gasteiger partial charge in [0.15, 0.2) is 11.0 Å². The van der Waals surface area contributed by atoms with Gasteiger partial charge in [0, 0.05) is 23.6 Å². The summed E-state index contributed by atoms with van der Waals surface area (Å²) < 4.78 is 7.27. The molecule has 1 atom stereocenters. The highest BCUT2D eigenvalue weighted by Crippen LogP contribution is 2.29. The van der Waals surface area contributed by atoms with Gasteiger partial charge in [-0.05, 0) is 85.7 Å². The van der Waals surface area contributed by atoms with Gasteiger partial charge < -0.3 is 10.1 Å². The summed E-state index contributed by atoms with van der Waals surface area (Å²) in [7, 11) is 1.64. The number of rotatable bonds is 8. The van der Waals surface area contributed by atoms with Gasteiger partial charge in [-0.2, -0.15) is 0 Å². The van der Waals surface area contributed by atoms with E-state index in [0.717, 1.165) is 35.4 Å². The second kappa shape index (κ2) is 11.0. The molecule has 0 aliphatic heterocycles. The zero-order chi connectivity index (χ0) is 24.9. The van der Waals surface area contributed by atoms with Gasteiger partial charge in [0.1, 0.15) is 5.75 Å². The number of carbonyl (C=O) groups is 1. The lowest BCUT2D eigenvalue weighted by Gasteiger charge is -2.20. The lowest BCUT2D eigenvalue weighted by atomic mass is 9.89. The molecule has 1 N–H and O–H groups in total. The lowest BCUT2D eigenvalue weighted by molar-refractivity contribution is -0.119. The molecule has 1 aliphatic rings. The maximum atomic E-state index is 12.9. The average molecular weight is 500 g/mol. The molecule has 4 aromatic rings. The number of fused-ring (bicyclic) bond motifs is 1. The Morgan fingerprint density at radius 1 is 1.03 bits per heavy atom. The molecule has 36 heavy (non-hydrogen) atoms. The lowest BCUT2D eigenvalue weighted by Crippen LogP contribution is -2.28. The van der Waals surface area contributed by atoms with Gasteiger partial charge in [-0.25, -0.2) is 0 Å². The van der Waals surface area contributed by atoms with E-state index in [4.69, 9.17) is 4.74 Å². The first-order chi connectivity index (χ1) is 17.6. The molecule has 2 heterocycles. The van der Waals surface area contributed by atoms with Crippen LogP contribution in [0.25, 0.3) is 17.1 Å². The van der Waals surface area contributed by atoms with Gasteiger partial charge >= 0.3 is 0 Å². The van der Waals surface area contributed by atoms with Crippen molar-refractivity contribution >= 4 is 17.7 Å². The summed E-state index contributed by atoms with van der Waals surface area (Å²) in [4.78, 5) is 17.0. The first-order valence-electron chi connectivity index (χ1n) is 12.2. The minimum absolute atomic E-state index is 0.0417. The molecule has 2 aromatic heterocycles. The molecule has 1 amide bonds. The van der Waals surface area contributed by atoms with Crippen LogP contribution in [0.2, 0.25) is 0 Å². The van der Waals surface area contributed by atoms with Crippen LogP contribution >= 0.6 is 11.8 Å². The normalized spacial score (nSPS) is 13.6. The minimum atomic E-state index is -0.0582. The number of pyridine rings is 1. The summed E-state index contributed by atoms with van der Waals surface area (Å²) in [5.74, 6) is 1.65. The van der Waals surface area contributed by atoms with Crippen molar-refractivity contribution in [1.29, 1.82) is 0 Å². The second-order valence-electron chi connectivity index (χ2n) is 8.89. The van der Waals surface area contributed by atoms with E-state index >= 15 is 0 Å². The Hall–Kier alpha value is -3.65. The molecule has 0 saturated carbocycles. The number of thioether (sulfide) groups is 1. The minimum Gasteiger partial charge on any atom is -0.497 e. The fraction of sp³-hybridized carbons (Fsp3) is 0.286. The third-order valence-electron chi connectivity index (χ3n) is 6.48. The van der Waals surface area contributed by atoms with Crippen LogP contribution in [0.15, 0.2) is 72.1 Å². The third-order valence-corrected chi connectivity index (χ3v) is 7.41. The van der Waals surface area contributed by atoms with E-state index in [1.165, 1.54) is 35.7 Å². The summed E-state index contributed by atoms with van der Waals surface area (Å²) in [5.41, 5.74) is 5.80. The van der Waals surface area contributed by atoms with Crippen LogP contribution in [-0.4, -0.2) is 38.5 Å². The molecule has 1 aliphatic carbocycles. The number of aryl methyl sites for hydroxylation is 2. The van der Waals surface area contributed by atoms with E-state index in [1.807, 2.05) is 47.9 Å². The van der Waals surface area contributed by atoms with Crippen molar-refractivity contribution < 1.29 is 9.53 Å². The van der Waals surface area contributed by atoms with Crippen molar-refractivity contribution in [3.63, 3.8) is 0 Å². The van der Waals surface area contributed by atoms with Gasteiger partial charge in [0.05, 0.1) is 18.9 Å². The Kier molecular flexibility index (Phi) is 7.32. The molecular formula is C28H29N5O2S. The molecule has 0 radical (unpaired) electrons. The summed E-state index contributed by atoms with van der Waals surface area (Å²) in [6, 6.07) is 18.1. The Morgan fingerprint density at radius 2 is 1.78 bits per heavy atom. The summed E-state index contributed by atoms with van der Waals surface area (Å²) >= 11 is 1.37. The van der Waals surface area contributed by atoms with Gasteiger partial charge in [0.2, 0.25) is 5.91 Å². The van der Waals surface area contributed by atoms with Crippen LogP contribution in [0.4, 0.5) is 0 Å². The monoisotopic (exact) mass is 499 g/mol. The third kappa shape index (κ3) is 5.28. The van der Waals surface area contributed by atoms with Crippen molar-refractivity contribution in [2.75, 3.05) is 12.9 Å². The van der Waals surface area contributed by atoms with Gasteiger partial charge in [-0.15, -0.1) is 10.2 Å². The van der Waals surface area contributed by atoms with E-state index < -0.39 is 0 Å². The van der Waals surface area contributed by atoms with Crippen LogP contribution in [0.3, 0.4) is 0 Å². The maximum absolute atomic E-state index is 12.9. The fourth-order valence-electron chi connectivity index (χ4n) is 4.53. The van der Waals surface area contributed by atoms with Gasteiger partial charge in [-0.1, -0.05) is 30.0 Å². The topological polar surface area (TPSA) is 81.9 Å². The summed E-state index contributed by atoms with van der Waals surface area (Å²) in [5, 5.41) is 12.6. The van der Waals surface area contributed by atoms with Gasteiger partial charge in [-0.3, -0.25) is 14.3 Å². The van der Waals surface area contributed by atoms with Crippen molar-refractivity contribution in [3.05, 3.63) is 83.7 Å². The standard InChI is InChI=1S/C28H29N5O2S/c1-19(22-8-7-20-5-3-4-6-23(20)17-22)30-26(34)18-36-28-32-31-27(21-13-15-29-16-14-21)33(28)24-9-11-25(35-2)12-10-24/h7-17,19H,3-6,18H2,1-2H3,(H,30,34)/t19-/m0/s1. The number of methoxy groups -OCH3 is 1. The molecular weight excluding hydrogens is 470 g/mol. The number of carbonyl (C=O) groups excluding carboxylic acids is 1. The SMILES string of the molecule is COc1ccc(-n2c(SCC(=O)N[C@@H](C)c3ccc4c(c3)CCCC4)nnc2-c2ccncc2)cc1. The average Bonchev–Trinajstić information content (AvgIpc) is 3.36. The molecule has 0 unspecified atom stereocenters. The zero-order valence-corrected chi connectivity index (χ0v) is 21.3. The van der Waals surface area contributed by atoms with Gasteiger partial charge in [0.25, 0.3) is 0 Å². The van der Waals surface area contributed by atoms with E-state index in [0.29, 0.717) is 11.0 Å². The van der Waals surface area contributed by atoms with Crippen LogP contribution in [0.5, 0.6) is 5.75 Å². The Balaban J connectivity index is 1.32. The zero-order valence-electron chi connectivity index (χ0n) is 20.5. The molecule has 0 bridgehead atoms. The van der Waals surface area contributed by atoms with E-state index in [1.54, 1.807) is 19.5 Å². The Morgan fingerprint density at radius 3 is 2.53 bits per heavy atom. The molecule has 5 rings (SSSR count). The van der Waals surface area contributed by atoms with E-state index in [9.17, 15) is 4.79 Å². The first kappa shape index (κ1) is 24.1. The number of hydrogen-bond acceptors (Lipinski definition) is 6. The predicted octanol–water partition coefficient (Wildman–Crippen LogP) is 5.19. The quantitative estimate of drug-likeness (QED) is 0.336. The molecule has 184 valence electrons. The van der Waals surface area contributed by atoms with E-state index in [2.05, 4.69) is 38.7 Å². The van der Waals surface area contributed by atoms with Crippen molar-refractivity contribution in [3.8, 4) is 22.8 Å². The molecule has 0 spiro atoms. The maximum Gasteiger partial charge on any atom is 0.230 e. The molecule has 7 nitrogen and oxygen atoms in total. The second-order valence-corrected chi connectivity index (χ2v) is 9.83. The smallest absolute Gasteiger partial charge is 0.230 e. The summed E-state index contributed by atoms with van der Waals surface area (Å²) in [6.07, 6.45) is 8.24. The Labute approximate surface area is 215 Å². The molecule has 0 saturated heterocycles. The highest BCUT2D eigenvalue weighted by molar-refractivity contribution is 7.99. The number of nitrogens with zero attached hydrogens (tertiary/aromatic N) is 4. The predicted molar refractivity (Wildman–Crippen MR) is 142 cm³/mol. The number of nitrogens with one attached hydrogen (secondary N) is 1. The van der Waals surface area contributed by atoms with Crippen LogP contribution < -0.4 is 10.1 Å². The fourth-order valence-corrected chi connectivity index (χ4v) is 5.30. The van der Waals surface area contributed by atoms with Crippen molar-refractivity contribution in [2.24, 2.45) is 0 Å². The van der Waals surface area contributed by atoms with Crippen molar-refractivity contribution in [2.45, 2.75) is 43.8 Å². The summed E-state index contributed by atoms with van der Waals surface area (Å²) in [6.45, 7) is 2.04. The largest absolute Gasteiger partial charge is 0.497 e. The first-order valence-corrected chi connectivity index (χ1v) is 13.1. The molecule has 2 aromatic carbocycles. The number of aromatic nitrogens is 4. The van der Waals surface area contributed by atoms with Crippen LogP contribution in [-0.2, 0) is 17.6 Å². The number of hydrogen-bond donors (Lipinski definition) is 1. The Bertz CT molecular complexity index is 1340. The number of amides is 1. The molecule has 8 heteroatoms. The van der Waals surface area contributed by atoms with E-state index in [-0.39, 0.29) is 17.7 Å². The number of ether oxygens (including phenoxy) is 1. The highest BCUT2D eigenvalue weighted by atomic mass is 32.2. The highest BCUT2D eigenvalue weighted by Gasteiger charge is 2.19. The van der Waals surface area contributed by atoms with Crippen molar-refractivity contribution in [1.82, 2.24) is 25.1 Å². The van der Waals surface area contributed by atoms with Crippen LogP contribution in [0, 0.1) is 0 Å². The molecule has 0 fully saturated rings. The number of benzene rings is 2. The van der Waals surface area contributed by atoms with Crippen LogP contribution in [0.1, 0.15) is 42.5 Å².